The van der Waals surface area contributed by atoms with Crippen LogP contribution in [0.5, 0.6) is 0 Å². The summed E-state index contributed by atoms with van der Waals surface area (Å²) in [6.45, 7) is 8.22. The Bertz CT molecular complexity index is 350. The van der Waals surface area contributed by atoms with Crippen LogP contribution < -0.4 is 5.32 Å². The molecule has 1 amide bonds. The second-order valence-corrected chi connectivity index (χ2v) is 5.39. The minimum Gasteiger partial charge on any atom is -0.381 e. The van der Waals surface area contributed by atoms with E-state index in [4.69, 9.17) is 4.74 Å². The van der Waals surface area contributed by atoms with Crippen LogP contribution in [0.4, 0.5) is 0 Å². The van der Waals surface area contributed by atoms with Crippen molar-refractivity contribution < 1.29 is 9.53 Å². The lowest BCUT2D eigenvalue weighted by Gasteiger charge is -2.07. The third kappa shape index (κ3) is 5.79. The average Bonchev–Trinajstić information content (AvgIpc) is 2.69. The van der Waals surface area contributed by atoms with Gasteiger partial charge in [0.25, 0.3) is 5.91 Å². The molecule has 1 rings (SSSR count). The first-order valence-electron chi connectivity index (χ1n) is 5.87. The number of ether oxygens (including phenoxy) is 1. The van der Waals surface area contributed by atoms with Gasteiger partial charge in [-0.2, -0.15) is 0 Å². The number of aryl methyl sites for hydroxylation is 1. The molecular formula is C12H20N2O2S. The van der Waals surface area contributed by atoms with Gasteiger partial charge >= 0.3 is 0 Å². The van der Waals surface area contributed by atoms with E-state index in [1.54, 1.807) is 5.38 Å². The summed E-state index contributed by atoms with van der Waals surface area (Å²) in [5.74, 6) is 0.459. The molecule has 0 saturated heterocycles. The van der Waals surface area contributed by atoms with Crippen LogP contribution in [0.25, 0.3) is 0 Å². The zero-order chi connectivity index (χ0) is 12.7. The topological polar surface area (TPSA) is 51.2 Å². The van der Waals surface area contributed by atoms with Crippen molar-refractivity contribution in [3.8, 4) is 0 Å². The van der Waals surface area contributed by atoms with Gasteiger partial charge in [0, 0.05) is 25.1 Å². The molecule has 0 bridgehead atoms. The van der Waals surface area contributed by atoms with Crippen molar-refractivity contribution in [3.05, 3.63) is 16.1 Å². The molecule has 0 radical (unpaired) electrons. The molecule has 17 heavy (non-hydrogen) atoms. The number of carbonyl (C=O) groups excluding carboxylic acids is 1. The molecule has 1 N–H and O–H groups in total. The molecule has 4 nitrogen and oxygen atoms in total. The molecule has 1 heterocycles. The predicted molar refractivity (Wildman–Crippen MR) is 69.5 cm³/mol. The molecule has 96 valence electrons. The Kier molecular flexibility index (Phi) is 6.15. The van der Waals surface area contributed by atoms with Gasteiger partial charge in [0.05, 0.1) is 5.01 Å². The van der Waals surface area contributed by atoms with Crippen molar-refractivity contribution in [2.75, 3.05) is 19.8 Å². The number of hydrogen-bond acceptors (Lipinski definition) is 4. The molecule has 0 aliphatic heterocycles. The fourth-order valence-electron chi connectivity index (χ4n) is 1.25. The molecule has 0 atom stereocenters. The first kappa shape index (κ1) is 14.1. The van der Waals surface area contributed by atoms with Crippen LogP contribution in [0, 0.1) is 12.8 Å². The maximum absolute atomic E-state index is 11.6. The summed E-state index contributed by atoms with van der Waals surface area (Å²) < 4.78 is 5.42. The van der Waals surface area contributed by atoms with Gasteiger partial charge in [-0.15, -0.1) is 11.3 Å². The number of hydrogen-bond donors (Lipinski definition) is 1. The Hall–Kier alpha value is -0.940. The van der Waals surface area contributed by atoms with Crippen LogP contribution in [0.2, 0.25) is 0 Å². The fourth-order valence-corrected chi connectivity index (χ4v) is 1.85. The van der Waals surface area contributed by atoms with E-state index in [2.05, 4.69) is 24.1 Å². The molecule has 1 aromatic rings. The zero-order valence-corrected chi connectivity index (χ0v) is 11.5. The van der Waals surface area contributed by atoms with Gasteiger partial charge in [-0.05, 0) is 19.3 Å². The number of thiazole rings is 1. The predicted octanol–water partition coefficient (Wildman–Crippen LogP) is 2.24. The molecule has 0 fully saturated rings. The number of amides is 1. The maximum atomic E-state index is 11.6. The van der Waals surface area contributed by atoms with Crippen LogP contribution in [0.3, 0.4) is 0 Å². The summed E-state index contributed by atoms with van der Waals surface area (Å²) in [4.78, 5) is 15.7. The lowest BCUT2D eigenvalue weighted by Crippen LogP contribution is -2.25. The Morgan fingerprint density at radius 2 is 2.35 bits per heavy atom. The van der Waals surface area contributed by atoms with E-state index in [9.17, 15) is 4.79 Å². The molecule has 0 unspecified atom stereocenters. The van der Waals surface area contributed by atoms with Gasteiger partial charge in [-0.25, -0.2) is 4.98 Å². The van der Waals surface area contributed by atoms with Crippen LogP contribution in [-0.2, 0) is 4.74 Å². The lowest BCUT2D eigenvalue weighted by molar-refractivity contribution is 0.0921. The van der Waals surface area contributed by atoms with Crippen molar-refractivity contribution in [2.45, 2.75) is 27.2 Å². The van der Waals surface area contributed by atoms with Crippen LogP contribution >= 0.6 is 11.3 Å². The average molecular weight is 256 g/mol. The highest BCUT2D eigenvalue weighted by atomic mass is 32.1. The first-order chi connectivity index (χ1) is 8.09. The number of nitrogens with one attached hydrogen (secondary N) is 1. The standard InChI is InChI=1S/C12H20N2O2S/c1-9(2)7-16-6-4-5-13-12(15)11-8-17-10(3)14-11/h8-9H,4-7H2,1-3H3,(H,13,15). The minimum atomic E-state index is -0.0989. The van der Waals surface area contributed by atoms with Gasteiger partial charge in [0.15, 0.2) is 0 Å². The second-order valence-electron chi connectivity index (χ2n) is 4.33. The van der Waals surface area contributed by atoms with Crippen molar-refractivity contribution in [3.63, 3.8) is 0 Å². The van der Waals surface area contributed by atoms with Crippen molar-refractivity contribution in [1.82, 2.24) is 10.3 Å². The molecule has 0 spiro atoms. The van der Waals surface area contributed by atoms with Crippen LogP contribution in [-0.4, -0.2) is 30.6 Å². The van der Waals surface area contributed by atoms with E-state index < -0.39 is 0 Å². The number of carbonyl (C=O) groups is 1. The Labute approximate surface area is 106 Å². The third-order valence-electron chi connectivity index (χ3n) is 2.05. The summed E-state index contributed by atoms with van der Waals surface area (Å²) >= 11 is 1.49. The van der Waals surface area contributed by atoms with Crippen molar-refractivity contribution in [2.24, 2.45) is 5.92 Å². The quantitative estimate of drug-likeness (QED) is 0.761. The molecule has 5 heteroatoms. The molecule has 0 aliphatic carbocycles. The number of aromatic nitrogens is 1. The van der Waals surface area contributed by atoms with Gasteiger partial charge in [0.1, 0.15) is 5.69 Å². The number of rotatable bonds is 7. The molecule has 1 aromatic heterocycles. The second kappa shape index (κ2) is 7.40. The first-order valence-corrected chi connectivity index (χ1v) is 6.75. The van der Waals surface area contributed by atoms with Gasteiger partial charge in [-0.1, -0.05) is 13.8 Å². The van der Waals surface area contributed by atoms with E-state index in [0.717, 1.165) is 18.0 Å². The lowest BCUT2D eigenvalue weighted by atomic mass is 10.2. The smallest absolute Gasteiger partial charge is 0.270 e. The third-order valence-corrected chi connectivity index (χ3v) is 2.83. The largest absolute Gasteiger partial charge is 0.381 e. The van der Waals surface area contributed by atoms with Gasteiger partial charge < -0.3 is 10.1 Å². The van der Waals surface area contributed by atoms with Crippen molar-refractivity contribution in [1.29, 1.82) is 0 Å². The maximum Gasteiger partial charge on any atom is 0.270 e. The summed E-state index contributed by atoms with van der Waals surface area (Å²) in [6.07, 6.45) is 0.835. The molecule has 0 aliphatic rings. The summed E-state index contributed by atoms with van der Waals surface area (Å²) in [7, 11) is 0. The van der Waals surface area contributed by atoms with E-state index in [-0.39, 0.29) is 5.91 Å². The molecule has 0 saturated carbocycles. The normalized spacial score (nSPS) is 10.8. The highest BCUT2D eigenvalue weighted by molar-refractivity contribution is 7.09. The Morgan fingerprint density at radius 1 is 1.59 bits per heavy atom. The minimum absolute atomic E-state index is 0.0989. The Balaban J connectivity index is 2.09. The van der Waals surface area contributed by atoms with Gasteiger partial charge in [-0.3, -0.25) is 4.79 Å². The SMILES string of the molecule is Cc1nc(C(=O)NCCCOCC(C)C)cs1. The number of nitrogens with zero attached hydrogens (tertiary/aromatic N) is 1. The van der Waals surface area contributed by atoms with Crippen LogP contribution in [0.1, 0.15) is 35.8 Å². The Morgan fingerprint density at radius 3 is 2.94 bits per heavy atom. The monoisotopic (exact) mass is 256 g/mol. The zero-order valence-electron chi connectivity index (χ0n) is 10.7. The molecule has 0 aromatic carbocycles. The van der Waals surface area contributed by atoms with E-state index >= 15 is 0 Å². The molecular weight excluding hydrogens is 236 g/mol. The summed E-state index contributed by atoms with van der Waals surface area (Å²) in [5.41, 5.74) is 0.510. The summed E-state index contributed by atoms with van der Waals surface area (Å²) in [6, 6.07) is 0. The van der Waals surface area contributed by atoms with Crippen LogP contribution in [0.15, 0.2) is 5.38 Å². The fraction of sp³-hybridized carbons (Fsp3) is 0.667. The van der Waals surface area contributed by atoms with Gasteiger partial charge in [0.2, 0.25) is 0 Å². The van der Waals surface area contributed by atoms with E-state index in [0.29, 0.717) is 24.8 Å². The van der Waals surface area contributed by atoms with Crippen molar-refractivity contribution >= 4 is 17.2 Å². The summed E-state index contributed by atoms with van der Waals surface area (Å²) in [5, 5.41) is 5.52. The van der Waals surface area contributed by atoms with E-state index in [1.807, 2.05) is 6.92 Å². The highest BCUT2D eigenvalue weighted by Crippen LogP contribution is 2.07. The van der Waals surface area contributed by atoms with E-state index in [1.165, 1.54) is 11.3 Å². The highest BCUT2D eigenvalue weighted by Gasteiger charge is 2.07.